The lowest BCUT2D eigenvalue weighted by atomic mass is 10.1. The average molecular weight is 271 g/mol. The smallest absolute Gasteiger partial charge is 0.169 e. The van der Waals surface area contributed by atoms with E-state index in [2.05, 4.69) is 18.3 Å². The minimum absolute atomic E-state index is 0.225. The summed E-state index contributed by atoms with van der Waals surface area (Å²) in [6.45, 7) is 4.14. The molecule has 0 saturated heterocycles. The topological polar surface area (TPSA) is 30.5 Å². The molecule has 0 spiro atoms. The SMILES string of the molecule is CNC(C)c1ccccc1Oc1ccc(C)cc1OC. The minimum atomic E-state index is 0.225. The summed E-state index contributed by atoms with van der Waals surface area (Å²) in [6.07, 6.45) is 0. The fraction of sp³-hybridized carbons (Fsp3) is 0.294. The fourth-order valence-electron chi connectivity index (χ4n) is 2.06. The van der Waals surface area contributed by atoms with E-state index in [-0.39, 0.29) is 6.04 Å². The number of benzene rings is 2. The highest BCUT2D eigenvalue weighted by Gasteiger charge is 2.12. The fourth-order valence-corrected chi connectivity index (χ4v) is 2.06. The van der Waals surface area contributed by atoms with Crippen LogP contribution in [0.5, 0.6) is 17.2 Å². The van der Waals surface area contributed by atoms with Gasteiger partial charge in [-0.2, -0.15) is 0 Å². The van der Waals surface area contributed by atoms with Gasteiger partial charge in [0.15, 0.2) is 11.5 Å². The van der Waals surface area contributed by atoms with Crippen molar-refractivity contribution in [3.8, 4) is 17.2 Å². The van der Waals surface area contributed by atoms with E-state index in [9.17, 15) is 0 Å². The maximum Gasteiger partial charge on any atom is 0.169 e. The van der Waals surface area contributed by atoms with E-state index in [1.165, 1.54) is 0 Å². The summed E-state index contributed by atoms with van der Waals surface area (Å²) >= 11 is 0. The van der Waals surface area contributed by atoms with Crippen molar-refractivity contribution in [1.29, 1.82) is 0 Å². The van der Waals surface area contributed by atoms with Crippen LogP contribution < -0.4 is 14.8 Å². The molecular weight excluding hydrogens is 250 g/mol. The summed E-state index contributed by atoms with van der Waals surface area (Å²) in [7, 11) is 3.59. The Balaban J connectivity index is 2.35. The highest BCUT2D eigenvalue weighted by Crippen LogP contribution is 2.35. The first-order chi connectivity index (χ1) is 9.65. The summed E-state index contributed by atoms with van der Waals surface area (Å²) in [5.74, 6) is 2.32. The molecule has 3 heteroatoms. The van der Waals surface area contributed by atoms with Crippen molar-refractivity contribution in [3.63, 3.8) is 0 Å². The molecule has 106 valence electrons. The van der Waals surface area contributed by atoms with Gasteiger partial charge in [-0.15, -0.1) is 0 Å². The zero-order chi connectivity index (χ0) is 14.5. The van der Waals surface area contributed by atoms with Crippen molar-refractivity contribution in [2.75, 3.05) is 14.2 Å². The Morgan fingerprint density at radius 3 is 2.45 bits per heavy atom. The molecule has 0 amide bonds. The third-order valence-electron chi connectivity index (χ3n) is 3.36. The molecule has 2 rings (SSSR count). The van der Waals surface area contributed by atoms with Crippen molar-refractivity contribution in [1.82, 2.24) is 5.32 Å². The van der Waals surface area contributed by atoms with Gasteiger partial charge in [-0.05, 0) is 44.7 Å². The molecule has 1 N–H and O–H groups in total. The monoisotopic (exact) mass is 271 g/mol. The summed E-state index contributed by atoms with van der Waals surface area (Å²) < 4.78 is 11.4. The minimum Gasteiger partial charge on any atom is -0.493 e. The number of para-hydroxylation sites is 1. The van der Waals surface area contributed by atoms with Crippen LogP contribution in [0, 0.1) is 6.92 Å². The van der Waals surface area contributed by atoms with Gasteiger partial charge in [0.05, 0.1) is 7.11 Å². The Bertz CT molecular complexity index is 581. The number of rotatable bonds is 5. The molecule has 0 bridgehead atoms. The van der Waals surface area contributed by atoms with Crippen molar-refractivity contribution >= 4 is 0 Å². The first-order valence-electron chi connectivity index (χ1n) is 6.74. The van der Waals surface area contributed by atoms with E-state index in [1.54, 1.807) is 7.11 Å². The highest BCUT2D eigenvalue weighted by molar-refractivity contribution is 5.47. The normalized spacial score (nSPS) is 12.0. The second kappa shape index (κ2) is 6.44. The molecule has 0 aromatic heterocycles. The first-order valence-corrected chi connectivity index (χ1v) is 6.74. The van der Waals surface area contributed by atoms with Crippen LogP contribution in [0.3, 0.4) is 0 Å². The van der Waals surface area contributed by atoms with Gasteiger partial charge < -0.3 is 14.8 Å². The van der Waals surface area contributed by atoms with Crippen LogP contribution in [-0.2, 0) is 0 Å². The van der Waals surface area contributed by atoms with Gasteiger partial charge in [0, 0.05) is 11.6 Å². The predicted octanol–water partition coefficient (Wildman–Crippen LogP) is 4.08. The zero-order valence-electron chi connectivity index (χ0n) is 12.4. The van der Waals surface area contributed by atoms with Crippen LogP contribution in [0.4, 0.5) is 0 Å². The third-order valence-corrected chi connectivity index (χ3v) is 3.36. The Morgan fingerprint density at radius 1 is 1.00 bits per heavy atom. The van der Waals surface area contributed by atoms with Gasteiger partial charge >= 0.3 is 0 Å². The third kappa shape index (κ3) is 3.11. The molecule has 2 aromatic rings. The molecule has 0 aliphatic carbocycles. The highest BCUT2D eigenvalue weighted by atomic mass is 16.5. The Labute approximate surface area is 120 Å². The molecule has 0 saturated carbocycles. The number of hydrogen-bond acceptors (Lipinski definition) is 3. The van der Waals surface area contributed by atoms with Crippen LogP contribution in [0.2, 0.25) is 0 Å². The number of methoxy groups -OCH3 is 1. The average Bonchev–Trinajstić information content (AvgIpc) is 2.48. The van der Waals surface area contributed by atoms with Crippen molar-refractivity contribution in [2.24, 2.45) is 0 Å². The number of nitrogens with one attached hydrogen (secondary N) is 1. The van der Waals surface area contributed by atoms with E-state index in [0.717, 1.165) is 28.4 Å². The predicted molar refractivity (Wildman–Crippen MR) is 81.7 cm³/mol. The molecule has 2 aromatic carbocycles. The van der Waals surface area contributed by atoms with Crippen LogP contribution in [0.15, 0.2) is 42.5 Å². The summed E-state index contributed by atoms with van der Waals surface area (Å²) in [6, 6.07) is 14.2. The maximum absolute atomic E-state index is 6.04. The number of aryl methyl sites for hydroxylation is 1. The van der Waals surface area contributed by atoms with E-state index in [4.69, 9.17) is 9.47 Å². The van der Waals surface area contributed by atoms with Crippen molar-refractivity contribution < 1.29 is 9.47 Å². The molecule has 1 atom stereocenters. The van der Waals surface area contributed by atoms with Gasteiger partial charge in [-0.1, -0.05) is 24.3 Å². The molecule has 20 heavy (non-hydrogen) atoms. The second-order valence-corrected chi connectivity index (χ2v) is 4.80. The lowest BCUT2D eigenvalue weighted by Gasteiger charge is -2.17. The first kappa shape index (κ1) is 14.4. The van der Waals surface area contributed by atoms with Gasteiger partial charge in [-0.25, -0.2) is 0 Å². The lowest BCUT2D eigenvalue weighted by Crippen LogP contribution is -2.13. The Morgan fingerprint density at radius 2 is 1.75 bits per heavy atom. The van der Waals surface area contributed by atoms with Crippen molar-refractivity contribution in [2.45, 2.75) is 19.9 Å². The summed E-state index contributed by atoms with van der Waals surface area (Å²) in [4.78, 5) is 0. The quantitative estimate of drug-likeness (QED) is 0.889. The van der Waals surface area contributed by atoms with Gasteiger partial charge in [-0.3, -0.25) is 0 Å². The van der Waals surface area contributed by atoms with Gasteiger partial charge in [0.1, 0.15) is 5.75 Å². The van der Waals surface area contributed by atoms with E-state index in [1.807, 2.05) is 50.4 Å². The zero-order valence-corrected chi connectivity index (χ0v) is 12.4. The Hall–Kier alpha value is -2.00. The van der Waals surface area contributed by atoms with Crippen LogP contribution in [0.1, 0.15) is 24.1 Å². The van der Waals surface area contributed by atoms with Gasteiger partial charge in [0.2, 0.25) is 0 Å². The number of ether oxygens (including phenoxy) is 2. The van der Waals surface area contributed by atoms with E-state index >= 15 is 0 Å². The maximum atomic E-state index is 6.04. The Kier molecular flexibility index (Phi) is 4.64. The summed E-state index contributed by atoms with van der Waals surface area (Å²) in [5, 5.41) is 3.23. The second-order valence-electron chi connectivity index (χ2n) is 4.80. The van der Waals surface area contributed by atoms with Gasteiger partial charge in [0.25, 0.3) is 0 Å². The molecular formula is C17H21NO2. The standard InChI is InChI=1S/C17H21NO2/c1-12-9-10-16(17(11-12)19-4)20-15-8-6-5-7-14(15)13(2)18-3/h5-11,13,18H,1-4H3. The largest absolute Gasteiger partial charge is 0.493 e. The molecule has 1 unspecified atom stereocenters. The van der Waals surface area contributed by atoms with Crippen LogP contribution >= 0.6 is 0 Å². The van der Waals surface area contributed by atoms with E-state index < -0.39 is 0 Å². The van der Waals surface area contributed by atoms with Crippen LogP contribution in [-0.4, -0.2) is 14.2 Å². The van der Waals surface area contributed by atoms with E-state index in [0.29, 0.717) is 0 Å². The van der Waals surface area contributed by atoms with Crippen molar-refractivity contribution in [3.05, 3.63) is 53.6 Å². The molecule has 0 radical (unpaired) electrons. The lowest BCUT2D eigenvalue weighted by molar-refractivity contribution is 0.376. The van der Waals surface area contributed by atoms with Crippen LogP contribution in [0.25, 0.3) is 0 Å². The summed E-state index contributed by atoms with van der Waals surface area (Å²) in [5.41, 5.74) is 2.27. The number of hydrogen-bond donors (Lipinski definition) is 1. The molecule has 0 aliphatic rings. The molecule has 0 fully saturated rings. The molecule has 0 heterocycles. The molecule has 0 aliphatic heterocycles. The molecule has 3 nitrogen and oxygen atoms in total.